The molecule has 2 heterocycles. The highest BCUT2D eigenvalue weighted by atomic mass is 19.3. The van der Waals surface area contributed by atoms with Crippen LogP contribution in [0, 0.1) is 5.92 Å². The van der Waals surface area contributed by atoms with Gasteiger partial charge in [-0.1, -0.05) is 18.2 Å². The summed E-state index contributed by atoms with van der Waals surface area (Å²) in [5.41, 5.74) is 1.38. The average molecular weight is 446 g/mol. The summed E-state index contributed by atoms with van der Waals surface area (Å²) in [5, 5.41) is 12.2. The SMILES string of the molecule is CC1C=C(C(=O)CN2C(=O)NC3(CCC(F)(F)CC3)C2=O)[N+](C)=C1c1ccccc1CO. The van der Waals surface area contributed by atoms with Crippen LogP contribution >= 0.6 is 0 Å². The highest BCUT2D eigenvalue weighted by molar-refractivity contribution is 6.12. The number of hydrogen-bond acceptors (Lipinski definition) is 4. The predicted molar refractivity (Wildman–Crippen MR) is 111 cm³/mol. The maximum Gasteiger partial charge on any atom is 0.325 e. The molecule has 4 rings (SSSR count). The molecule has 0 radical (unpaired) electrons. The zero-order valence-corrected chi connectivity index (χ0v) is 18.0. The van der Waals surface area contributed by atoms with Crippen LogP contribution < -0.4 is 5.32 Å². The summed E-state index contributed by atoms with van der Waals surface area (Å²) >= 11 is 0. The van der Waals surface area contributed by atoms with E-state index in [1.807, 2.05) is 31.2 Å². The molecule has 1 saturated heterocycles. The smallest absolute Gasteiger partial charge is 0.325 e. The monoisotopic (exact) mass is 446 g/mol. The second kappa shape index (κ2) is 7.88. The number of benzene rings is 1. The minimum atomic E-state index is -2.84. The van der Waals surface area contributed by atoms with E-state index in [1.165, 1.54) is 0 Å². The molecule has 1 aliphatic carbocycles. The number of hydrogen-bond donors (Lipinski definition) is 2. The maximum absolute atomic E-state index is 13.6. The van der Waals surface area contributed by atoms with Crippen LogP contribution in [-0.2, 0) is 16.2 Å². The molecule has 0 bridgehead atoms. The van der Waals surface area contributed by atoms with Crippen molar-refractivity contribution in [2.24, 2.45) is 5.92 Å². The van der Waals surface area contributed by atoms with E-state index in [4.69, 9.17) is 0 Å². The van der Waals surface area contributed by atoms with Gasteiger partial charge < -0.3 is 10.4 Å². The highest BCUT2D eigenvalue weighted by Crippen LogP contribution is 2.41. The largest absolute Gasteiger partial charge is 0.392 e. The molecule has 2 fully saturated rings. The Labute approximate surface area is 184 Å². The van der Waals surface area contributed by atoms with E-state index in [1.54, 1.807) is 17.7 Å². The Kier molecular flexibility index (Phi) is 5.48. The van der Waals surface area contributed by atoms with E-state index in [0.29, 0.717) is 5.70 Å². The lowest BCUT2D eigenvalue weighted by atomic mass is 9.80. The normalized spacial score (nSPS) is 24.2. The Morgan fingerprint density at radius 1 is 1.22 bits per heavy atom. The number of ketones is 1. The Morgan fingerprint density at radius 3 is 2.53 bits per heavy atom. The van der Waals surface area contributed by atoms with Gasteiger partial charge in [-0.05, 0) is 31.4 Å². The lowest BCUT2D eigenvalue weighted by molar-refractivity contribution is -0.434. The number of Topliss-reactive ketones (excluding diaryl/α,β-unsaturated/α-hetero) is 1. The molecule has 1 aromatic carbocycles. The molecule has 2 N–H and O–H groups in total. The fourth-order valence-corrected chi connectivity index (χ4v) is 4.90. The second-order valence-electron chi connectivity index (χ2n) is 8.78. The summed E-state index contributed by atoms with van der Waals surface area (Å²) in [5.74, 6) is -4.00. The first-order chi connectivity index (χ1) is 15.1. The molecule has 0 aromatic heterocycles. The van der Waals surface area contributed by atoms with Crippen molar-refractivity contribution in [3.05, 3.63) is 47.2 Å². The van der Waals surface area contributed by atoms with Crippen molar-refractivity contribution >= 4 is 23.4 Å². The van der Waals surface area contributed by atoms with E-state index >= 15 is 0 Å². The third-order valence-electron chi connectivity index (χ3n) is 6.69. The van der Waals surface area contributed by atoms with Crippen LogP contribution in [0.3, 0.4) is 0 Å². The molecule has 2 aliphatic heterocycles. The van der Waals surface area contributed by atoms with E-state index in [9.17, 15) is 28.3 Å². The van der Waals surface area contributed by atoms with Gasteiger partial charge in [0.1, 0.15) is 19.1 Å². The zero-order valence-electron chi connectivity index (χ0n) is 18.0. The predicted octanol–water partition coefficient (Wildman–Crippen LogP) is 2.21. The standard InChI is InChI=1S/C23H25F2N3O4/c1-14-11-17(27(2)19(14)16-6-4-3-5-15(16)13-29)18(30)12-28-20(31)22(26-21(28)32)7-9-23(24,25)10-8-22/h3-6,11,14,29H,7-10,12-13H2,1-2H3/p+1. The summed E-state index contributed by atoms with van der Waals surface area (Å²) in [6.45, 7) is 1.32. The second-order valence-corrected chi connectivity index (χ2v) is 8.78. The third kappa shape index (κ3) is 3.64. The molecule has 1 saturated carbocycles. The number of allylic oxidation sites excluding steroid dienone is 1. The van der Waals surface area contributed by atoms with Gasteiger partial charge >= 0.3 is 6.03 Å². The van der Waals surface area contributed by atoms with E-state index in [-0.39, 0.29) is 25.4 Å². The Hall–Kier alpha value is -2.94. The first-order valence-corrected chi connectivity index (χ1v) is 10.7. The van der Waals surface area contributed by atoms with Crippen LogP contribution in [0.1, 0.15) is 43.7 Å². The number of halogens is 2. The molecule has 1 aromatic rings. The first-order valence-electron chi connectivity index (χ1n) is 10.7. The van der Waals surface area contributed by atoms with Crippen LogP contribution in [0.25, 0.3) is 0 Å². The number of urea groups is 1. The summed E-state index contributed by atoms with van der Waals surface area (Å²) < 4.78 is 28.8. The van der Waals surface area contributed by atoms with Gasteiger partial charge in [-0.2, -0.15) is 4.58 Å². The van der Waals surface area contributed by atoms with Gasteiger partial charge in [0.25, 0.3) is 5.91 Å². The number of carbonyl (C=O) groups is 3. The summed E-state index contributed by atoms with van der Waals surface area (Å²) in [4.78, 5) is 39.3. The first kappa shape index (κ1) is 22.3. The van der Waals surface area contributed by atoms with Crippen molar-refractivity contribution in [2.75, 3.05) is 13.6 Å². The number of carbonyl (C=O) groups excluding carboxylic acids is 3. The molecule has 3 amide bonds. The number of imide groups is 1. The van der Waals surface area contributed by atoms with Gasteiger partial charge in [-0.25, -0.2) is 13.6 Å². The van der Waals surface area contributed by atoms with E-state index < -0.39 is 48.6 Å². The van der Waals surface area contributed by atoms with Crippen molar-refractivity contribution < 1.29 is 32.8 Å². The maximum atomic E-state index is 13.6. The van der Waals surface area contributed by atoms with Crippen LogP contribution in [0.4, 0.5) is 13.6 Å². The number of aliphatic hydroxyl groups is 1. The molecule has 1 atom stereocenters. The molecule has 1 spiro atoms. The summed E-state index contributed by atoms with van der Waals surface area (Å²) in [6, 6.07) is 6.63. The number of likely N-dealkylation sites (N-methyl/N-ethyl adjacent to an activating group) is 1. The number of nitrogens with zero attached hydrogens (tertiary/aromatic N) is 2. The lowest BCUT2D eigenvalue weighted by Gasteiger charge is -2.34. The van der Waals surface area contributed by atoms with Crippen molar-refractivity contribution in [3.63, 3.8) is 0 Å². The fourth-order valence-electron chi connectivity index (χ4n) is 4.90. The van der Waals surface area contributed by atoms with Crippen LogP contribution in [0.2, 0.25) is 0 Å². The van der Waals surface area contributed by atoms with E-state index in [0.717, 1.165) is 21.7 Å². The number of amides is 3. The minimum absolute atomic E-state index is 0.123. The van der Waals surface area contributed by atoms with Gasteiger partial charge in [-0.3, -0.25) is 14.5 Å². The molecule has 3 aliphatic rings. The van der Waals surface area contributed by atoms with Crippen LogP contribution in [0.15, 0.2) is 36.0 Å². The molecule has 9 heteroatoms. The van der Waals surface area contributed by atoms with Gasteiger partial charge in [0.15, 0.2) is 5.71 Å². The topological polar surface area (TPSA) is 89.7 Å². The molecular formula is C23H26F2N3O4+. The Morgan fingerprint density at radius 2 is 1.88 bits per heavy atom. The van der Waals surface area contributed by atoms with E-state index in [2.05, 4.69) is 5.32 Å². The lowest BCUT2D eigenvalue weighted by Crippen LogP contribution is -2.51. The summed E-state index contributed by atoms with van der Waals surface area (Å²) in [6.07, 6.45) is 0.514. The van der Waals surface area contributed by atoms with Crippen molar-refractivity contribution in [1.82, 2.24) is 10.2 Å². The van der Waals surface area contributed by atoms with Crippen molar-refractivity contribution in [2.45, 2.75) is 50.7 Å². The van der Waals surface area contributed by atoms with Gasteiger partial charge in [0.05, 0.1) is 12.5 Å². The molecule has 7 nitrogen and oxygen atoms in total. The summed E-state index contributed by atoms with van der Waals surface area (Å²) in [7, 11) is 1.73. The molecule has 1 unspecified atom stereocenters. The van der Waals surface area contributed by atoms with Gasteiger partial charge in [0, 0.05) is 24.5 Å². The van der Waals surface area contributed by atoms with Crippen molar-refractivity contribution in [1.29, 1.82) is 0 Å². The number of nitrogens with one attached hydrogen (secondary N) is 1. The highest BCUT2D eigenvalue weighted by Gasteiger charge is 2.56. The molecule has 32 heavy (non-hydrogen) atoms. The fraction of sp³-hybridized carbons (Fsp3) is 0.478. The third-order valence-corrected chi connectivity index (χ3v) is 6.69. The number of rotatable bonds is 5. The number of aliphatic hydroxyl groups excluding tert-OH is 1. The average Bonchev–Trinajstić information content (AvgIpc) is 3.18. The minimum Gasteiger partial charge on any atom is -0.392 e. The Balaban J connectivity index is 1.54. The zero-order chi connectivity index (χ0) is 23.3. The Bertz CT molecular complexity index is 1050. The quantitative estimate of drug-likeness (QED) is 0.536. The van der Waals surface area contributed by atoms with Crippen LogP contribution in [0.5, 0.6) is 0 Å². The number of alkyl halides is 2. The van der Waals surface area contributed by atoms with Gasteiger partial charge in [-0.15, -0.1) is 0 Å². The molecular weight excluding hydrogens is 420 g/mol. The van der Waals surface area contributed by atoms with Crippen LogP contribution in [-0.4, -0.2) is 63.1 Å². The van der Waals surface area contributed by atoms with Gasteiger partial charge in [0.2, 0.25) is 17.4 Å². The van der Waals surface area contributed by atoms with Crippen molar-refractivity contribution in [3.8, 4) is 0 Å². The molecule has 170 valence electrons.